The first-order valence-electron chi connectivity index (χ1n) is 18.3. The van der Waals surface area contributed by atoms with E-state index in [0.29, 0.717) is 61.5 Å². The van der Waals surface area contributed by atoms with Gasteiger partial charge in [-0.05, 0) is 76.6 Å². The standard InChI is InChI=1S/C39H45F3N6O5/c1-37(2,3)53-36(49)46-13-10-38(11-14-46)20-47(21-38)34-28-18-43-32(27-16-26(52-23-50-4)15-24-7-5-8-29(41)30(24)27)31(42)33(28)44-35(45-34)51-22-39-9-6-12-48(39)19-25(40)17-39/h5,7-8,15-16,18,25H,6,9-14,17,19-23H2,1-4H3/t25-,39+/m1/s1. The second kappa shape index (κ2) is 13.5. The maximum Gasteiger partial charge on any atom is 0.410 e. The number of amides is 1. The van der Waals surface area contributed by atoms with Gasteiger partial charge in [0.1, 0.15) is 47.0 Å². The Balaban J connectivity index is 1.14. The summed E-state index contributed by atoms with van der Waals surface area (Å²) in [6.45, 7) is 9.30. The minimum absolute atomic E-state index is 0.0130. The number of anilines is 1. The number of fused-ring (bicyclic) bond motifs is 3. The van der Waals surface area contributed by atoms with E-state index < -0.39 is 28.9 Å². The van der Waals surface area contributed by atoms with Crippen LogP contribution < -0.4 is 14.4 Å². The fraction of sp³-hybridized carbons (Fsp3) is 0.538. The second-order valence-electron chi connectivity index (χ2n) is 16.1. The minimum Gasteiger partial charge on any atom is -0.468 e. The van der Waals surface area contributed by atoms with Crippen LogP contribution >= 0.6 is 0 Å². The number of benzene rings is 2. The molecule has 0 unspecified atom stereocenters. The van der Waals surface area contributed by atoms with Crippen LogP contribution in [0.2, 0.25) is 0 Å². The number of halogens is 3. The normalized spacial score (nSPS) is 22.7. The number of pyridine rings is 1. The first-order chi connectivity index (χ1) is 25.4. The Hall–Kier alpha value is -4.43. The number of alkyl halides is 1. The lowest BCUT2D eigenvalue weighted by molar-refractivity contribution is 0.00589. The Morgan fingerprint density at radius 1 is 1.04 bits per heavy atom. The van der Waals surface area contributed by atoms with Crippen LogP contribution in [0.3, 0.4) is 0 Å². The molecule has 2 aromatic carbocycles. The molecule has 4 fully saturated rings. The van der Waals surface area contributed by atoms with Crippen molar-refractivity contribution in [1.29, 1.82) is 0 Å². The molecule has 4 aromatic rings. The Labute approximate surface area is 306 Å². The maximum atomic E-state index is 17.0. The van der Waals surface area contributed by atoms with Crippen LogP contribution in [-0.2, 0) is 9.47 Å². The van der Waals surface area contributed by atoms with E-state index in [1.807, 2.05) is 20.8 Å². The van der Waals surface area contributed by atoms with Gasteiger partial charge in [-0.2, -0.15) is 9.97 Å². The SMILES string of the molecule is COCOc1cc(-c2ncc3c(N4CC5(CCN(C(=O)OC(C)(C)C)CC5)C4)nc(OC[C@@]45CCCN4C[C@H](F)C5)nc3c2F)c2c(F)cccc2c1. The van der Waals surface area contributed by atoms with Crippen molar-refractivity contribution in [2.24, 2.45) is 5.41 Å². The summed E-state index contributed by atoms with van der Waals surface area (Å²) in [7, 11) is 1.49. The van der Waals surface area contributed by atoms with Gasteiger partial charge in [-0.3, -0.25) is 9.88 Å². The van der Waals surface area contributed by atoms with Crippen LogP contribution in [0.5, 0.6) is 11.8 Å². The van der Waals surface area contributed by atoms with Crippen LogP contribution in [0.15, 0.2) is 36.5 Å². The van der Waals surface area contributed by atoms with E-state index in [2.05, 4.69) is 19.8 Å². The lowest BCUT2D eigenvalue weighted by Gasteiger charge is -2.54. The summed E-state index contributed by atoms with van der Waals surface area (Å²) in [5.74, 6) is -0.445. The van der Waals surface area contributed by atoms with Crippen LogP contribution in [0.4, 0.5) is 23.8 Å². The average Bonchev–Trinajstić information content (AvgIpc) is 3.63. The van der Waals surface area contributed by atoms with E-state index in [9.17, 15) is 9.18 Å². The smallest absolute Gasteiger partial charge is 0.410 e. The summed E-state index contributed by atoms with van der Waals surface area (Å²) in [5, 5.41) is 1.09. The van der Waals surface area contributed by atoms with Gasteiger partial charge in [0, 0.05) is 68.8 Å². The van der Waals surface area contributed by atoms with E-state index in [1.54, 1.807) is 29.2 Å². The number of carbonyl (C=O) groups excluding carboxylic acids is 1. The van der Waals surface area contributed by atoms with Gasteiger partial charge < -0.3 is 28.7 Å². The van der Waals surface area contributed by atoms with E-state index in [0.717, 1.165) is 32.2 Å². The molecule has 4 saturated heterocycles. The molecule has 4 aliphatic rings. The highest BCUT2D eigenvalue weighted by Gasteiger charge is 2.50. The van der Waals surface area contributed by atoms with Crippen LogP contribution in [0.25, 0.3) is 32.9 Å². The zero-order valence-corrected chi connectivity index (χ0v) is 30.6. The molecule has 8 rings (SSSR count). The summed E-state index contributed by atoms with van der Waals surface area (Å²) in [6, 6.07) is 7.83. The average molecular weight is 735 g/mol. The summed E-state index contributed by atoms with van der Waals surface area (Å²) >= 11 is 0. The van der Waals surface area contributed by atoms with Crippen molar-refractivity contribution in [1.82, 2.24) is 24.8 Å². The van der Waals surface area contributed by atoms with Crippen LogP contribution in [0.1, 0.15) is 52.9 Å². The zero-order chi connectivity index (χ0) is 37.1. The fourth-order valence-electron chi connectivity index (χ4n) is 8.63. The predicted molar refractivity (Wildman–Crippen MR) is 193 cm³/mol. The predicted octanol–water partition coefficient (Wildman–Crippen LogP) is 6.90. The summed E-state index contributed by atoms with van der Waals surface area (Å²) in [5.41, 5.74) is -0.989. The topological polar surface area (TPSA) is 102 Å². The lowest BCUT2D eigenvalue weighted by Crippen LogP contribution is -2.61. The highest BCUT2D eigenvalue weighted by molar-refractivity contribution is 6.00. The molecule has 0 saturated carbocycles. The highest BCUT2D eigenvalue weighted by atomic mass is 19.1. The molecular formula is C39H45F3N6O5. The molecule has 2 atom stereocenters. The molecule has 14 heteroatoms. The number of likely N-dealkylation sites (tertiary alicyclic amines) is 1. The first kappa shape index (κ1) is 35.6. The van der Waals surface area contributed by atoms with Crippen molar-refractivity contribution in [3.8, 4) is 23.0 Å². The third kappa shape index (κ3) is 6.68. The Morgan fingerprint density at radius 2 is 1.83 bits per heavy atom. The molecule has 0 radical (unpaired) electrons. The van der Waals surface area contributed by atoms with E-state index in [4.69, 9.17) is 23.9 Å². The number of carbonyl (C=O) groups is 1. The summed E-state index contributed by atoms with van der Waals surface area (Å²) < 4.78 is 69.7. The number of methoxy groups -OCH3 is 1. The van der Waals surface area contributed by atoms with Crippen molar-refractivity contribution >= 4 is 33.6 Å². The zero-order valence-electron chi connectivity index (χ0n) is 30.6. The number of hydrogen-bond acceptors (Lipinski definition) is 10. The molecule has 0 aliphatic carbocycles. The van der Waals surface area contributed by atoms with Gasteiger partial charge in [0.25, 0.3) is 0 Å². The summed E-state index contributed by atoms with van der Waals surface area (Å²) in [6.07, 6.45) is 3.97. The van der Waals surface area contributed by atoms with Crippen molar-refractivity contribution in [3.05, 3.63) is 48.2 Å². The molecule has 53 heavy (non-hydrogen) atoms. The third-order valence-electron chi connectivity index (χ3n) is 11.2. The second-order valence-corrected chi connectivity index (χ2v) is 16.1. The molecular weight excluding hydrogens is 689 g/mol. The quantitative estimate of drug-likeness (QED) is 0.178. The molecule has 0 N–H and O–H groups in total. The first-order valence-corrected chi connectivity index (χ1v) is 18.3. The van der Waals surface area contributed by atoms with Crippen molar-refractivity contribution in [2.75, 3.05) is 64.7 Å². The van der Waals surface area contributed by atoms with Crippen molar-refractivity contribution in [3.63, 3.8) is 0 Å². The number of rotatable bonds is 8. The Kier molecular flexibility index (Phi) is 9.03. The van der Waals surface area contributed by atoms with E-state index in [1.165, 1.54) is 19.4 Å². The van der Waals surface area contributed by atoms with Crippen LogP contribution in [-0.4, -0.2) is 108 Å². The highest BCUT2D eigenvalue weighted by Crippen LogP contribution is 2.46. The number of piperidine rings is 1. The molecule has 6 heterocycles. The number of ether oxygens (including phenoxy) is 4. The van der Waals surface area contributed by atoms with E-state index in [-0.39, 0.29) is 53.1 Å². The minimum atomic E-state index is -0.934. The lowest BCUT2D eigenvalue weighted by atomic mass is 9.72. The fourth-order valence-corrected chi connectivity index (χ4v) is 8.63. The van der Waals surface area contributed by atoms with Gasteiger partial charge in [-0.15, -0.1) is 0 Å². The van der Waals surface area contributed by atoms with Crippen molar-refractivity contribution in [2.45, 2.75) is 70.2 Å². The molecule has 11 nitrogen and oxygen atoms in total. The monoisotopic (exact) mass is 734 g/mol. The number of nitrogens with zero attached hydrogens (tertiary/aromatic N) is 6. The van der Waals surface area contributed by atoms with Gasteiger partial charge in [-0.25, -0.2) is 18.0 Å². The van der Waals surface area contributed by atoms with E-state index >= 15 is 8.78 Å². The van der Waals surface area contributed by atoms with Crippen molar-refractivity contribution < 1.29 is 36.9 Å². The number of aromatic nitrogens is 3. The van der Waals surface area contributed by atoms with Crippen LogP contribution in [0, 0.1) is 17.0 Å². The van der Waals surface area contributed by atoms with Gasteiger partial charge in [0.05, 0.1) is 10.9 Å². The summed E-state index contributed by atoms with van der Waals surface area (Å²) in [4.78, 5) is 32.7. The number of hydrogen-bond donors (Lipinski definition) is 0. The Bertz CT molecular complexity index is 2050. The largest absolute Gasteiger partial charge is 0.468 e. The molecule has 0 bridgehead atoms. The molecule has 1 amide bonds. The van der Waals surface area contributed by atoms with Gasteiger partial charge in [0.2, 0.25) is 0 Å². The molecule has 1 spiro atoms. The molecule has 2 aromatic heterocycles. The maximum absolute atomic E-state index is 17.0. The molecule has 4 aliphatic heterocycles. The Morgan fingerprint density at radius 3 is 2.58 bits per heavy atom. The van der Waals surface area contributed by atoms with Gasteiger partial charge >= 0.3 is 12.1 Å². The van der Waals surface area contributed by atoms with Gasteiger partial charge in [-0.1, -0.05) is 12.1 Å². The third-order valence-corrected chi connectivity index (χ3v) is 11.2. The molecule has 282 valence electrons. The van der Waals surface area contributed by atoms with Gasteiger partial charge in [0.15, 0.2) is 12.6 Å².